The Morgan fingerprint density at radius 3 is 2.57 bits per heavy atom. The quantitative estimate of drug-likeness (QED) is 0.776. The van der Waals surface area contributed by atoms with Crippen LogP contribution in [-0.4, -0.2) is 74.6 Å². The minimum absolute atomic E-state index is 0.835. The topological polar surface area (TPSA) is 34.9 Å². The normalized spacial score (nSPS) is 17.7. The third-order valence-corrected chi connectivity index (χ3v) is 4.10. The van der Waals surface area contributed by atoms with Gasteiger partial charge in [0.25, 0.3) is 0 Å². The van der Waals surface area contributed by atoms with E-state index >= 15 is 0 Å². The van der Waals surface area contributed by atoms with E-state index < -0.39 is 0 Å². The predicted molar refractivity (Wildman–Crippen MR) is 86.4 cm³/mol. The third kappa shape index (κ3) is 5.43. The molecular weight excluding hydrogens is 264 g/mol. The third-order valence-electron chi connectivity index (χ3n) is 4.10. The fourth-order valence-corrected chi connectivity index (χ4v) is 2.65. The molecule has 120 valence electrons. The molecule has 0 aliphatic carbocycles. The first kappa shape index (κ1) is 16.5. The molecule has 0 saturated carbocycles. The average Bonchev–Trinajstić information content (AvgIpc) is 2.91. The highest BCUT2D eigenvalue weighted by atomic mass is 16.3. The molecule has 5 heteroatoms. The lowest BCUT2D eigenvalue weighted by Crippen LogP contribution is -2.47. The molecule has 0 unspecified atom stereocenters. The van der Waals surface area contributed by atoms with E-state index in [-0.39, 0.29) is 0 Å². The van der Waals surface area contributed by atoms with Crippen LogP contribution >= 0.6 is 0 Å². The minimum atomic E-state index is 0.835. The molecule has 5 nitrogen and oxygen atoms in total. The summed E-state index contributed by atoms with van der Waals surface area (Å²) in [5, 5.41) is 3.34. The van der Waals surface area contributed by atoms with Crippen LogP contribution in [0.4, 0.5) is 0 Å². The van der Waals surface area contributed by atoms with Crippen molar-refractivity contribution < 1.29 is 4.42 Å². The van der Waals surface area contributed by atoms with Gasteiger partial charge in [0.2, 0.25) is 0 Å². The van der Waals surface area contributed by atoms with Crippen molar-refractivity contribution >= 4 is 0 Å². The maximum absolute atomic E-state index is 5.59. The summed E-state index contributed by atoms with van der Waals surface area (Å²) in [7, 11) is 4.28. The highest BCUT2D eigenvalue weighted by Crippen LogP contribution is 2.14. The van der Waals surface area contributed by atoms with Crippen molar-refractivity contribution in [3.8, 4) is 0 Å². The van der Waals surface area contributed by atoms with Crippen molar-refractivity contribution in [3.05, 3.63) is 23.7 Å². The number of hydrogen-bond donors (Lipinski definition) is 1. The van der Waals surface area contributed by atoms with E-state index in [9.17, 15) is 0 Å². The molecular formula is C16H30N4O. The summed E-state index contributed by atoms with van der Waals surface area (Å²) in [5.74, 6) is 1.09. The summed E-state index contributed by atoms with van der Waals surface area (Å²) in [6, 6.07) is 2.12. The maximum Gasteiger partial charge on any atom is 0.122 e. The second kappa shape index (κ2) is 8.54. The Kier molecular flexibility index (Phi) is 6.70. The second-order valence-electron chi connectivity index (χ2n) is 6.07. The molecule has 0 aromatic carbocycles. The van der Waals surface area contributed by atoms with Crippen LogP contribution in [0.2, 0.25) is 0 Å². The number of nitrogens with zero attached hydrogens (tertiary/aromatic N) is 3. The molecule has 1 aromatic rings. The van der Waals surface area contributed by atoms with Crippen LogP contribution in [0.3, 0.4) is 0 Å². The zero-order chi connectivity index (χ0) is 15.1. The van der Waals surface area contributed by atoms with Gasteiger partial charge in [-0.1, -0.05) is 6.92 Å². The van der Waals surface area contributed by atoms with Crippen molar-refractivity contribution in [1.29, 1.82) is 0 Å². The van der Waals surface area contributed by atoms with Crippen molar-refractivity contribution in [2.24, 2.45) is 0 Å². The molecule has 1 aromatic heterocycles. The second-order valence-corrected chi connectivity index (χ2v) is 6.07. The summed E-state index contributed by atoms with van der Waals surface area (Å²) in [4.78, 5) is 7.35. The number of nitrogens with one attached hydrogen (secondary N) is 1. The van der Waals surface area contributed by atoms with Gasteiger partial charge in [-0.05, 0) is 26.7 Å². The molecule has 1 saturated heterocycles. The van der Waals surface area contributed by atoms with Crippen LogP contribution < -0.4 is 5.32 Å². The summed E-state index contributed by atoms with van der Waals surface area (Å²) in [6.07, 6.45) is 1.81. The van der Waals surface area contributed by atoms with Gasteiger partial charge in [-0.2, -0.15) is 0 Å². The minimum Gasteiger partial charge on any atom is -0.468 e. The van der Waals surface area contributed by atoms with Crippen molar-refractivity contribution in [2.45, 2.75) is 20.0 Å². The van der Waals surface area contributed by atoms with Crippen LogP contribution in [0.15, 0.2) is 16.7 Å². The summed E-state index contributed by atoms with van der Waals surface area (Å²) in [5.41, 5.74) is 1.33. The summed E-state index contributed by atoms with van der Waals surface area (Å²) >= 11 is 0. The van der Waals surface area contributed by atoms with Crippen LogP contribution in [0.25, 0.3) is 0 Å². The van der Waals surface area contributed by atoms with Crippen LogP contribution in [0.1, 0.15) is 18.2 Å². The summed E-state index contributed by atoms with van der Waals surface area (Å²) < 4.78 is 5.59. The van der Waals surface area contributed by atoms with Gasteiger partial charge in [-0.15, -0.1) is 0 Å². The van der Waals surface area contributed by atoms with Gasteiger partial charge in [0, 0.05) is 51.4 Å². The van der Waals surface area contributed by atoms with Gasteiger partial charge >= 0.3 is 0 Å². The Bertz CT molecular complexity index is 397. The van der Waals surface area contributed by atoms with Gasteiger partial charge in [0.1, 0.15) is 5.76 Å². The predicted octanol–water partition coefficient (Wildman–Crippen LogP) is 1.07. The number of furan rings is 1. The average molecular weight is 294 g/mol. The van der Waals surface area contributed by atoms with Gasteiger partial charge in [-0.25, -0.2) is 0 Å². The van der Waals surface area contributed by atoms with E-state index in [1.165, 1.54) is 25.2 Å². The van der Waals surface area contributed by atoms with Crippen LogP contribution in [0.5, 0.6) is 0 Å². The van der Waals surface area contributed by atoms with E-state index in [1.54, 1.807) is 0 Å². The standard InChI is InChI=1S/C16H30N4O/c1-4-17-13-16-15(5-12-21-16)14-20-10-8-19(9-11-20)7-6-18(2)3/h5,12,17H,4,6-11,13-14H2,1-3H3. The number of hydrogen-bond acceptors (Lipinski definition) is 5. The Balaban J connectivity index is 1.74. The fraction of sp³-hybridized carbons (Fsp3) is 0.750. The Morgan fingerprint density at radius 2 is 1.90 bits per heavy atom. The fourth-order valence-electron chi connectivity index (χ4n) is 2.65. The van der Waals surface area contributed by atoms with Gasteiger partial charge < -0.3 is 14.6 Å². The molecule has 2 rings (SSSR count). The van der Waals surface area contributed by atoms with Crippen LogP contribution in [-0.2, 0) is 13.1 Å². The van der Waals surface area contributed by atoms with Crippen LogP contribution in [0, 0.1) is 0 Å². The number of rotatable bonds is 8. The molecule has 1 fully saturated rings. The Morgan fingerprint density at radius 1 is 1.19 bits per heavy atom. The zero-order valence-corrected chi connectivity index (χ0v) is 13.8. The highest BCUT2D eigenvalue weighted by molar-refractivity contribution is 5.17. The lowest BCUT2D eigenvalue weighted by Gasteiger charge is -2.35. The van der Waals surface area contributed by atoms with E-state index in [4.69, 9.17) is 4.42 Å². The Labute approximate surface area is 128 Å². The molecule has 0 atom stereocenters. The van der Waals surface area contributed by atoms with Crippen molar-refractivity contribution in [1.82, 2.24) is 20.0 Å². The first-order chi connectivity index (χ1) is 10.2. The zero-order valence-electron chi connectivity index (χ0n) is 13.8. The van der Waals surface area contributed by atoms with Crippen molar-refractivity contribution in [2.75, 3.05) is 59.9 Å². The lowest BCUT2D eigenvalue weighted by atomic mass is 10.2. The number of likely N-dealkylation sites (N-methyl/N-ethyl adjacent to an activating group) is 1. The van der Waals surface area contributed by atoms with E-state index in [1.807, 2.05) is 6.26 Å². The largest absolute Gasteiger partial charge is 0.468 e. The first-order valence-corrected chi connectivity index (χ1v) is 8.04. The monoisotopic (exact) mass is 294 g/mol. The smallest absolute Gasteiger partial charge is 0.122 e. The molecule has 1 aliphatic heterocycles. The molecule has 21 heavy (non-hydrogen) atoms. The highest BCUT2D eigenvalue weighted by Gasteiger charge is 2.18. The molecule has 0 radical (unpaired) electrons. The Hall–Kier alpha value is -0.880. The van der Waals surface area contributed by atoms with Gasteiger partial charge in [-0.3, -0.25) is 9.80 Å². The molecule has 1 aliphatic rings. The lowest BCUT2D eigenvalue weighted by molar-refractivity contribution is 0.120. The van der Waals surface area contributed by atoms with Gasteiger partial charge in [0.05, 0.1) is 12.8 Å². The first-order valence-electron chi connectivity index (χ1n) is 8.04. The molecule has 0 amide bonds. The molecule has 2 heterocycles. The number of piperazine rings is 1. The van der Waals surface area contributed by atoms with Gasteiger partial charge in [0.15, 0.2) is 0 Å². The van der Waals surface area contributed by atoms with Crippen molar-refractivity contribution in [3.63, 3.8) is 0 Å². The molecule has 0 bridgehead atoms. The molecule has 0 spiro atoms. The summed E-state index contributed by atoms with van der Waals surface area (Å²) in [6.45, 7) is 11.9. The van der Waals surface area contributed by atoms with E-state index in [0.717, 1.165) is 45.0 Å². The SMILES string of the molecule is CCNCc1occc1CN1CCN(CCN(C)C)CC1. The van der Waals surface area contributed by atoms with E-state index in [0.29, 0.717) is 0 Å². The van der Waals surface area contributed by atoms with E-state index in [2.05, 4.69) is 47.1 Å². The maximum atomic E-state index is 5.59. The molecule has 1 N–H and O–H groups in total.